The number of hydrogen-bond donors (Lipinski definition) is 8. The molecule has 0 radical (unpaired) electrons. The number of aromatic hydroxyl groups is 1. The van der Waals surface area contributed by atoms with E-state index in [1.54, 1.807) is 27.7 Å². The maximum atomic E-state index is 12.0. The molecule has 5 aliphatic rings. The molecule has 292 valence electrons. The van der Waals surface area contributed by atoms with Crippen molar-refractivity contribution >= 4 is 21.6 Å². The summed E-state index contributed by atoms with van der Waals surface area (Å²) >= 11 is 0. The Morgan fingerprint density at radius 3 is 2.69 bits per heavy atom. The average molecular weight is 776 g/mol. The third kappa shape index (κ3) is 8.69. The lowest BCUT2D eigenvalue weighted by Crippen LogP contribution is -2.42. The molecule has 1 aromatic carbocycles. The molecule has 11 heteroatoms. The molecule has 3 heterocycles. The van der Waals surface area contributed by atoms with Crippen LogP contribution < -0.4 is 15.8 Å². The Labute approximate surface area is 327 Å². The molecule has 1 fully saturated rings. The Morgan fingerprint density at radius 2 is 1.89 bits per heavy atom. The first-order chi connectivity index (χ1) is 26.2. The van der Waals surface area contributed by atoms with Gasteiger partial charge in [0.25, 0.3) is 0 Å². The van der Waals surface area contributed by atoms with E-state index in [2.05, 4.69) is 47.3 Å². The number of rotatable bonds is 6. The number of nitrogens with one attached hydrogen (secondary N) is 2. The molecular weight excluding hydrogens is 719 g/mol. The van der Waals surface area contributed by atoms with Crippen LogP contribution in [-0.2, 0) is 12.8 Å². The highest BCUT2D eigenvalue weighted by Crippen LogP contribution is 2.48. The summed E-state index contributed by atoms with van der Waals surface area (Å²) < 4.78 is 6.79. The Bertz CT molecular complexity index is 1770. The fourth-order valence-corrected chi connectivity index (χ4v) is 11.9. The number of aromatic amines is 1. The highest BCUT2D eigenvalue weighted by Gasteiger charge is 2.41. The van der Waals surface area contributed by atoms with Crippen molar-refractivity contribution in [2.45, 2.75) is 101 Å². The fraction of sp³-hybridized carbons (Fsp3) is 0.581. The number of nitrogens with two attached hydrogens (primary N) is 1. The molecule has 2 aromatic rings. The Balaban J connectivity index is 1.24. The number of H-pyrrole nitrogens is 1. The molecule has 54 heavy (non-hydrogen) atoms. The molecule has 1 saturated heterocycles. The zero-order valence-electron chi connectivity index (χ0n) is 31.3. The Morgan fingerprint density at radius 1 is 1.04 bits per heavy atom. The predicted octanol–water partition coefficient (Wildman–Crippen LogP) is 5.70. The number of hydrogen-bond acceptors (Lipinski definition) is 10. The molecule has 0 amide bonds. The first-order valence-corrected chi connectivity index (χ1v) is 22.4. The van der Waals surface area contributed by atoms with Crippen LogP contribution in [0.3, 0.4) is 0 Å². The number of ether oxygens (including phenoxy) is 1. The third-order valence-electron chi connectivity index (χ3n) is 12.5. The molecule has 3 aliphatic carbocycles. The van der Waals surface area contributed by atoms with E-state index < -0.39 is 30.3 Å². The number of phenolic OH excluding ortho intramolecular Hbond substituents is 1. The first kappa shape index (κ1) is 39.3. The van der Waals surface area contributed by atoms with E-state index in [1.807, 2.05) is 18.3 Å². The summed E-state index contributed by atoms with van der Waals surface area (Å²) in [6, 6.07) is 7.74. The number of aryl methyl sites for hydroxylation is 1. The highest BCUT2D eigenvalue weighted by molar-refractivity contribution is 8.76. The van der Waals surface area contributed by atoms with Gasteiger partial charge in [0.2, 0.25) is 0 Å². The van der Waals surface area contributed by atoms with Crippen molar-refractivity contribution in [3.05, 3.63) is 82.0 Å². The normalized spacial score (nSPS) is 33.4. The second-order valence-electron chi connectivity index (χ2n) is 15.9. The van der Waals surface area contributed by atoms with Gasteiger partial charge in [-0.25, -0.2) is 0 Å². The Hall–Kier alpha value is -2.98. The van der Waals surface area contributed by atoms with Crippen molar-refractivity contribution in [3.8, 4) is 23.3 Å². The van der Waals surface area contributed by atoms with Crippen LogP contribution in [0.4, 0.5) is 0 Å². The monoisotopic (exact) mass is 775 g/mol. The molecular formula is C43H57N3O6S2. The number of aliphatic hydroxyl groups excluding tert-OH is 4. The molecule has 0 unspecified atom stereocenters. The Kier molecular flexibility index (Phi) is 13.0. The number of aromatic nitrogens is 1. The van der Waals surface area contributed by atoms with Crippen molar-refractivity contribution in [1.82, 2.24) is 10.3 Å². The number of dihydropyridines is 1. The number of fused-ring (bicyclic) bond motifs is 5. The number of allylic oxidation sites excluding steroid dienone is 3. The van der Waals surface area contributed by atoms with Gasteiger partial charge in [-0.1, -0.05) is 70.9 Å². The lowest BCUT2D eigenvalue weighted by atomic mass is 9.76. The van der Waals surface area contributed by atoms with Gasteiger partial charge in [0.1, 0.15) is 11.9 Å². The van der Waals surface area contributed by atoms with E-state index in [4.69, 9.17) is 10.5 Å². The minimum Gasteiger partial charge on any atom is -0.504 e. The van der Waals surface area contributed by atoms with Crippen LogP contribution in [0, 0.1) is 41.4 Å². The summed E-state index contributed by atoms with van der Waals surface area (Å²) in [4.78, 5) is 3.35. The lowest BCUT2D eigenvalue weighted by molar-refractivity contribution is -0.0214. The van der Waals surface area contributed by atoms with Crippen LogP contribution in [-0.4, -0.2) is 79.6 Å². The second kappa shape index (κ2) is 17.9. The standard InChI is InChI=1S/C43H57N3O6S2/c1-2-25-6-3-4-8-36(48)41-28(10-9-25)16-26-11-12-27-18-37(49)39(21-34(27)33(26)20-38(41)50)52-40-19-29(17-31-7-5-14-45-31)32-13-15-46-43(44)35(32)24-54-53-23-30(22-47)42(40)51/h5,7,13-14,16,18,21,25,28-30,33,36,38,40-42,45-51H,2-4,6,8,11-12,15,17,19-20,22-24,44H2,1H3/t25-,28+,29+,30+,33-,36+,38-,40-,41-,42-/m1/s1. The first-order valence-electron chi connectivity index (χ1n) is 19.9. The van der Waals surface area contributed by atoms with Crippen molar-refractivity contribution in [3.63, 3.8) is 0 Å². The molecule has 0 spiro atoms. The zero-order valence-corrected chi connectivity index (χ0v) is 32.9. The van der Waals surface area contributed by atoms with Crippen LogP contribution in [0.5, 0.6) is 11.5 Å². The quantitative estimate of drug-likeness (QED) is 0.104. The molecule has 1 aromatic heterocycles. The second-order valence-corrected chi connectivity index (χ2v) is 18.4. The van der Waals surface area contributed by atoms with Gasteiger partial charge in [0.05, 0.1) is 18.3 Å². The minimum absolute atomic E-state index is 0.00946. The minimum atomic E-state index is -1.01. The summed E-state index contributed by atoms with van der Waals surface area (Å²) in [7, 11) is 3.27. The number of aliphatic hydroxyl groups is 4. The van der Waals surface area contributed by atoms with Gasteiger partial charge in [-0.05, 0) is 98.2 Å². The summed E-state index contributed by atoms with van der Waals surface area (Å²) in [6.07, 6.45) is 10.9. The third-order valence-corrected chi connectivity index (χ3v) is 14.9. The van der Waals surface area contributed by atoms with Crippen molar-refractivity contribution in [2.75, 3.05) is 24.7 Å². The highest BCUT2D eigenvalue weighted by atomic mass is 33.1. The van der Waals surface area contributed by atoms with E-state index in [0.717, 1.165) is 66.5 Å². The van der Waals surface area contributed by atoms with Gasteiger partial charge in [-0.3, -0.25) is 0 Å². The number of benzene rings is 1. The van der Waals surface area contributed by atoms with Crippen molar-refractivity contribution in [2.24, 2.45) is 35.3 Å². The van der Waals surface area contributed by atoms with Gasteiger partial charge in [-0.15, -0.1) is 0 Å². The van der Waals surface area contributed by atoms with Gasteiger partial charge >= 0.3 is 0 Å². The topological polar surface area (TPSA) is 164 Å². The van der Waals surface area contributed by atoms with E-state index >= 15 is 0 Å². The van der Waals surface area contributed by atoms with Crippen LogP contribution in [0.2, 0.25) is 0 Å². The lowest BCUT2D eigenvalue weighted by Gasteiger charge is -2.34. The largest absolute Gasteiger partial charge is 0.504 e. The van der Waals surface area contributed by atoms with E-state index in [9.17, 15) is 25.5 Å². The van der Waals surface area contributed by atoms with Gasteiger partial charge in [0.15, 0.2) is 11.5 Å². The maximum absolute atomic E-state index is 12.0. The summed E-state index contributed by atoms with van der Waals surface area (Å²) in [5, 5.41) is 60.6. The molecule has 2 aliphatic heterocycles. The average Bonchev–Trinajstić information content (AvgIpc) is 3.62. The summed E-state index contributed by atoms with van der Waals surface area (Å²) in [5.41, 5.74) is 13.0. The van der Waals surface area contributed by atoms with E-state index in [-0.39, 0.29) is 41.8 Å². The van der Waals surface area contributed by atoms with Crippen molar-refractivity contribution in [1.29, 1.82) is 0 Å². The van der Waals surface area contributed by atoms with Gasteiger partial charge in [0, 0.05) is 71.7 Å². The van der Waals surface area contributed by atoms with Gasteiger partial charge in [-0.2, -0.15) is 0 Å². The SMILES string of the molecule is CC[C@H]1C#C[C@H]2C=C3CCc4cc(O)c(O[C@@H]5C[C@H](Cc6ccc[nH]6)C6=CCNC(N)=C6CSSC[C@H](CO)[C@H]5O)cc4[C@@H]3C[C@@H](O)[C@H]2[C@@H](O)CCCC1. The van der Waals surface area contributed by atoms with Crippen LogP contribution in [0.25, 0.3) is 0 Å². The molecule has 0 bridgehead atoms. The molecule has 7 rings (SSSR count). The van der Waals surface area contributed by atoms with Crippen LogP contribution in [0.1, 0.15) is 81.0 Å². The smallest absolute Gasteiger partial charge is 0.161 e. The fourth-order valence-electron chi connectivity index (χ4n) is 9.35. The number of phenols is 1. The maximum Gasteiger partial charge on any atom is 0.161 e. The molecule has 0 saturated carbocycles. The van der Waals surface area contributed by atoms with Crippen LogP contribution >= 0.6 is 21.6 Å². The zero-order chi connectivity index (χ0) is 37.8. The van der Waals surface area contributed by atoms with Crippen LogP contribution in [0.15, 0.2) is 65.2 Å². The molecule has 9 nitrogen and oxygen atoms in total. The van der Waals surface area contributed by atoms with Gasteiger partial charge < -0.3 is 46.3 Å². The summed E-state index contributed by atoms with van der Waals surface area (Å²) in [6.45, 7) is 2.58. The summed E-state index contributed by atoms with van der Waals surface area (Å²) in [5.74, 6) is 8.28. The molecule has 10 atom stereocenters. The van der Waals surface area contributed by atoms with E-state index in [0.29, 0.717) is 55.5 Å². The van der Waals surface area contributed by atoms with Crippen molar-refractivity contribution < 1.29 is 30.3 Å². The predicted molar refractivity (Wildman–Crippen MR) is 217 cm³/mol. The molecule has 9 N–H and O–H groups in total. The van der Waals surface area contributed by atoms with E-state index in [1.165, 1.54) is 5.57 Å².